The first kappa shape index (κ1) is 12.4. The van der Waals surface area contributed by atoms with Crippen molar-refractivity contribution in [1.82, 2.24) is 14.6 Å². The Hall–Kier alpha value is -1.59. The van der Waals surface area contributed by atoms with E-state index in [0.717, 1.165) is 10.1 Å². The lowest BCUT2D eigenvalue weighted by Gasteiger charge is -2.04. The lowest BCUT2D eigenvalue weighted by molar-refractivity contribution is 0.296. The fourth-order valence-corrected chi connectivity index (χ4v) is 2.18. The van der Waals surface area contributed by atoms with Crippen molar-refractivity contribution >= 4 is 33.2 Å². The molecule has 4 nitrogen and oxygen atoms in total. The van der Waals surface area contributed by atoms with Crippen molar-refractivity contribution in [2.24, 2.45) is 0 Å². The SMILES string of the molecule is Clc1ccccc1OCc1nc2cc(Br)ccn2n1. The number of ether oxygens (including phenoxy) is 1. The van der Waals surface area contributed by atoms with Gasteiger partial charge in [0.05, 0.1) is 5.02 Å². The van der Waals surface area contributed by atoms with Crippen LogP contribution in [0.4, 0.5) is 0 Å². The molecule has 0 aliphatic carbocycles. The monoisotopic (exact) mass is 337 g/mol. The molecular weight excluding hydrogens is 330 g/mol. The number of fused-ring (bicyclic) bond motifs is 1. The Morgan fingerprint density at radius 2 is 2.11 bits per heavy atom. The molecule has 0 saturated carbocycles. The predicted octanol–water partition coefficient (Wildman–Crippen LogP) is 3.72. The summed E-state index contributed by atoms with van der Waals surface area (Å²) in [5, 5.41) is 4.89. The minimum absolute atomic E-state index is 0.281. The predicted molar refractivity (Wildman–Crippen MR) is 76.5 cm³/mol. The third-order valence-corrected chi connectivity index (χ3v) is 3.34. The molecule has 2 aromatic heterocycles. The number of rotatable bonds is 3. The molecule has 0 aliphatic heterocycles. The van der Waals surface area contributed by atoms with Crippen molar-refractivity contribution in [2.75, 3.05) is 0 Å². The molecule has 0 spiro atoms. The highest BCUT2D eigenvalue weighted by atomic mass is 79.9. The van der Waals surface area contributed by atoms with E-state index < -0.39 is 0 Å². The van der Waals surface area contributed by atoms with E-state index in [0.29, 0.717) is 16.6 Å². The number of hydrogen-bond donors (Lipinski definition) is 0. The summed E-state index contributed by atoms with van der Waals surface area (Å²) in [7, 11) is 0. The summed E-state index contributed by atoms with van der Waals surface area (Å²) >= 11 is 9.41. The fourth-order valence-electron chi connectivity index (χ4n) is 1.67. The Kier molecular flexibility index (Phi) is 3.40. The number of benzene rings is 1. The van der Waals surface area contributed by atoms with Crippen LogP contribution in [0.25, 0.3) is 5.65 Å². The first-order valence-electron chi connectivity index (χ1n) is 5.60. The quantitative estimate of drug-likeness (QED) is 0.730. The molecule has 2 heterocycles. The summed E-state index contributed by atoms with van der Waals surface area (Å²) < 4.78 is 8.27. The highest BCUT2D eigenvalue weighted by Crippen LogP contribution is 2.23. The molecule has 1 aromatic carbocycles. The van der Waals surface area contributed by atoms with Gasteiger partial charge >= 0.3 is 0 Å². The first-order chi connectivity index (χ1) is 9.22. The van der Waals surface area contributed by atoms with Gasteiger partial charge in [-0.2, -0.15) is 0 Å². The zero-order valence-corrected chi connectivity index (χ0v) is 12.1. The van der Waals surface area contributed by atoms with Gasteiger partial charge in [0.1, 0.15) is 12.4 Å². The van der Waals surface area contributed by atoms with Gasteiger partial charge in [-0.05, 0) is 24.3 Å². The van der Waals surface area contributed by atoms with Gasteiger partial charge < -0.3 is 4.74 Å². The Morgan fingerprint density at radius 1 is 1.26 bits per heavy atom. The summed E-state index contributed by atoms with van der Waals surface area (Å²) in [6.45, 7) is 0.281. The minimum Gasteiger partial charge on any atom is -0.484 e. The van der Waals surface area contributed by atoms with Crippen molar-refractivity contribution in [2.45, 2.75) is 6.61 Å². The molecule has 3 rings (SSSR count). The molecule has 0 aliphatic rings. The van der Waals surface area contributed by atoms with Crippen molar-refractivity contribution in [1.29, 1.82) is 0 Å². The summed E-state index contributed by atoms with van der Waals surface area (Å²) in [6.07, 6.45) is 1.84. The summed E-state index contributed by atoms with van der Waals surface area (Å²) in [4.78, 5) is 4.37. The van der Waals surface area contributed by atoms with Gasteiger partial charge in [0, 0.05) is 10.7 Å². The van der Waals surface area contributed by atoms with Gasteiger partial charge in [-0.3, -0.25) is 0 Å². The summed E-state index contributed by atoms with van der Waals surface area (Å²) in [6, 6.07) is 11.1. The van der Waals surface area contributed by atoms with E-state index in [-0.39, 0.29) is 6.61 Å². The van der Waals surface area contributed by atoms with Gasteiger partial charge in [0.2, 0.25) is 0 Å². The Bertz CT molecular complexity index is 729. The van der Waals surface area contributed by atoms with Gasteiger partial charge in [0.15, 0.2) is 11.5 Å². The molecule has 0 fully saturated rings. The molecule has 0 amide bonds. The van der Waals surface area contributed by atoms with Crippen LogP contribution in [0.3, 0.4) is 0 Å². The topological polar surface area (TPSA) is 39.4 Å². The van der Waals surface area contributed by atoms with Gasteiger partial charge in [-0.25, -0.2) is 9.50 Å². The maximum Gasteiger partial charge on any atom is 0.189 e. The Labute approximate surface area is 123 Å². The van der Waals surface area contributed by atoms with E-state index >= 15 is 0 Å². The Balaban J connectivity index is 1.80. The van der Waals surface area contributed by atoms with Gasteiger partial charge in [-0.15, -0.1) is 5.10 Å². The number of nitrogens with zero attached hydrogens (tertiary/aromatic N) is 3. The van der Waals surface area contributed by atoms with E-state index in [4.69, 9.17) is 16.3 Å². The van der Waals surface area contributed by atoms with Crippen LogP contribution in [-0.2, 0) is 6.61 Å². The molecule has 19 heavy (non-hydrogen) atoms. The highest BCUT2D eigenvalue weighted by molar-refractivity contribution is 9.10. The third kappa shape index (κ3) is 2.72. The molecule has 0 radical (unpaired) electrons. The Morgan fingerprint density at radius 3 is 2.95 bits per heavy atom. The summed E-state index contributed by atoms with van der Waals surface area (Å²) in [5.74, 6) is 1.24. The van der Waals surface area contributed by atoms with Crippen LogP contribution in [0.15, 0.2) is 47.1 Å². The molecule has 0 unspecified atom stereocenters. The largest absolute Gasteiger partial charge is 0.484 e. The van der Waals surface area contributed by atoms with E-state index in [9.17, 15) is 0 Å². The van der Waals surface area contributed by atoms with Gasteiger partial charge in [0.25, 0.3) is 0 Å². The number of aromatic nitrogens is 3. The zero-order chi connectivity index (χ0) is 13.2. The van der Waals surface area contributed by atoms with Crippen LogP contribution in [0, 0.1) is 0 Å². The molecule has 0 atom stereocenters. The lowest BCUT2D eigenvalue weighted by Crippen LogP contribution is -1.98. The minimum atomic E-state index is 0.281. The van der Waals surface area contributed by atoms with Crippen molar-refractivity contribution in [3.63, 3.8) is 0 Å². The number of pyridine rings is 1. The van der Waals surface area contributed by atoms with E-state index in [1.165, 1.54) is 0 Å². The second kappa shape index (κ2) is 5.19. The van der Waals surface area contributed by atoms with Crippen LogP contribution in [0.2, 0.25) is 5.02 Å². The first-order valence-corrected chi connectivity index (χ1v) is 6.77. The van der Waals surface area contributed by atoms with Crippen molar-refractivity contribution < 1.29 is 4.74 Å². The second-order valence-electron chi connectivity index (χ2n) is 3.89. The molecule has 0 saturated heterocycles. The molecule has 96 valence electrons. The van der Waals surface area contributed by atoms with E-state index in [2.05, 4.69) is 26.0 Å². The van der Waals surface area contributed by atoms with Crippen LogP contribution >= 0.6 is 27.5 Å². The van der Waals surface area contributed by atoms with E-state index in [1.807, 2.05) is 36.5 Å². The highest BCUT2D eigenvalue weighted by Gasteiger charge is 2.06. The van der Waals surface area contributed by atoms with Crippen LogP contribution in [-0.4, -0.2) is 14.6 Å². The zero-order valence-electron chi connectivity index (χ0n) is 9.75. The smallest absolute Gasteiger partial charge is 0.189 e. The van der Waals surface area contributed by atoms with Crippen molar-refractivity contribution in [3.8, 4) is 5.75 Å². The maximum absolute atomic E-state index is 6.01. The van der Waals surface area contributed by atoms with Crippen LogP contribution in [0.1, 0.15) is 5.82 Å². The third-order valence-electron chi connectivity index (χ3n) is 2.54. The van der Waals surface area contributed by atoms with Crippen LogP contribution in [0.5, 0.6) is 5.75 Å². The molecule has 0 N–H and O–H groups in total. The number of hydrogen-bond acceptors (Lipinski definition) is 3. The standard InChI is InChI=1S/C13H9BrClN3O/c14-9-5-6-18-13(7-9)16-12(17-18)8-19-11-4-2-1-3-10(11)15/h1-7H,8H2. The molecular formula is C13H9BrClN3O. The average Bonchev–Trinajstić information content (AvgIpc) is 2.79. The molecule has 6 heteroatoms. The average molecular weight is 339 g/mol. The second-order valence-corrected chi connectivity index (χ2v) is 5.22. The molecule has 0 bridgehead atoms. The number of halogens is 2. The van der Waals surface area contributed by atoms with Gasteiger partial charge in [-0.1, -0.05) is 39.7 Å². The van der Waals surface area contributed by atoms with Crippen molar-refractivity contribution in [3.05, 3.63) is 57.9 Å². The fraction of sp³-hybridized carbons (Fsp3) is 0.0769. The number of para-hydroxylation sites is 1. The summed E-state index contributed by atoms with van der Waals surface area (Å²) in [5.41, 5.74) is 0.770. The van der Waals surface area contributed by atoms with Crippen LogP contribution < -0.4 is 4.74 Å². The normalized spacial score (nSPS) is 10.8. The lowest BCUT2D eigenvalue weighted by atomic mass is 10.3. The molecule has 3 aromatic rings. The van der Waals surface area contributed by atoms with E-state index in [1.54, 1.807) is 10.6 Å². The maximum atomic E-state index is 6.01.